The molecule has 2 amide bonds. The molecule has 3 aromatic rings. The number of likely N-dealkylation sites (tertiary alicyclic amines) is 1. The summed E-state index contributed by atoms with van der Waals surface area (Å²) < 4.78 is 90.0. The van der Waals surface area contributed by atoms with E-state index in [0.29, 0.717) is 0 Å². The van der Waals surface area contributed by atoms with Crippen molar-refractivity contribution in [1.29, 1.82) is 0 Å². The number of nitrogens with zero attached hydrogens (tertiary/aromatic N) is 7. The molecule has 12 nitrogen and oxygen atoms in total. The van der Waals surface area contributed by atoms with Crippen LogP contribution in [0.1, 0.15) is 97.4 Å². The number of hydrogen-bond donors (Lipinski definition) is 2. The number of halogens is 6. The molecule has 0 aromatic carbocycles. The highest BCUT2D eigenvalue weighted by molar-refractivity contribution is 5.93. The van der Waals surface area contributed by atoms with Gasteiger partial charge in [0.15, 0.2) is 11.3 Å². The Bertz CT molecular complexity index is 1680. The molecule has 46 heavy (non-hydrogen) atoms. The smallest absolute Gasteiger partial charge is 0.380 e. The summed E-state index contributed by atoms with van der Waals surface area (Å²) >= 11 is 0. The SMILES string of the molecule is Cc1nonc1C(=O)N[C@H](c1cn2ncc([C@H]3C[C@@](O)(C(F)(F)F)CCN3C(=O)C34CC(F)(C3)C4)nc2n1)C1CCC(F)(F)CC1. The number of rotatable bonds is 6. The van der Waals surface area contributed by atoms with E-state index in [1.54, 1.807) is 0 Å². The number of imidazole rings is 1. The van der Waals surface area contributed by atoms with Crippen LogP contribution in [0.15, 0.2) is 17.0 Å². The molecule has 1 aliphatic heterocycles. The molecule has 5 aliphatic rings. The van der Waals surface area contributed by atoms with E-state index in [9.17, 15) is 41.0 Å². The highest BCUT2D eigenvalue weighted by Crippen LogP contribution is 2.70. The molecule has 4 saturated carbocycles. The maximum atomic E-state index is 14.3. The van der Waals surface area contributed by atoms with Gasteiger partial charge in [0.1, 0.15) is 11.4 Å². The number of alkyl halides is 6. The Morgan fingerprint density at radius 1 is 1.09 bits per heavy atom. The first-order valence-corrected chi connectivity index (χ1v) is 15.0. The molecule has 4 heterocycles. The normalized spacial score (nSPS) is 31.7. The van der Waals surface area contributed by atoms with Crippen molar-refractivity contribution in [3.05, 3.63) is 35.2 Å². The fourth-order valence-corrected chi connectivity index (χ4v) is 7.55. The number of hydrogen-bond acceptors (Lipinski definition) is 9. The van der Waals surface area contributed by atoms with Crippen LogP contribution in [0.4, 0.5) is 26.3 Å². The zero-order valence-corrected chi connectivity index (χ0v) is 24.5. The lowest BCUT2D eigenvalue weighted by molar-refractivity contribution is -0.280. The largest absolute Gasteiger partial charge is 0.417 e. The third-order valence-corrected chi connectivity index (χ3v) is 10.2. The summed E-state index contributed by atoms with van der Waals surface area (Å²) in [4.78, 5) is 36.7. The predicted molar refractivity (Wildman–Crippen MR) is 142 cm³/mol. The standard InChI is InChI=1S/C28H30F6N8O4/c1-14-19(40-46-39-14)21(43)38-20(15-2-4-27(30,31)5-3-15)17-10-42-23(37-17)36-16(9-35-42)18-8-26(45,28(32,33)34)6-7-41(18)22(44)24-11-25(29,12-24)13-24/h9-10,15,18,20,45H,2-8,11-13H2,1H3,(H,38,43)/t18-,20+,24?,25?,26-/m1/s1. The molecule has 8 rings (SSSR count). The minimum atomic E-state index is -4.99. The number of aryl methyl sites for hydroxylation is 1. The summed E-state index contributed by atoms with van der Waals surface area (Å²) in [5.74, 6) is -4.56. The van der Waals surface area contributed by atoms with E-state index in [2.05, 4.69) is 35.3 Å². The molecule has 4 aliphatic carbocycles. The van der Waals surface area contributed by atoms with Crippen molar-refractivity contribution in [3.63, 3.8) is 0 Å². The van der Waals surface area contributed by atoms with E-state index in [-0.39, 0.29) is 60.7 Å². The molecule has 0 unspecified atom stereocenters. The summed E-state index contributed by atoms with van der Waals surface area (Å²) in [6, 6.07) is -2.24. The Morgan fingerprint density at radius 2 is 1.78 bits per heavy atom. The van der Waals surface area contributed by atoms with E-state index in [0.717, 1.165) is 0 Å². The van der Waals surface area contributed by atoms with Gasteiger partial charge in [0, 0.05) is 32.2 Å². The summed E-state index contributed by atoms with van der Waals surface area (Å²) in [6.07, 6.45) is -4.72. The van der Waals surface area contributed by atoms with Crippen LogP contribution in [0.2, 0.25) is 0 Å². The first-order chi connectivity index (χ1) is 21.5. The minimum absolute atomic E-state index is 0.00403. The summed E-state index contributed by atoms with van der Waals surface area (Å²) in [5, 5.41) is 24.8. The van der Waals surface area contributed by atoms with Gasteiger partial charge < -0.3 is 15.3 Å². The number of carbonyl (C=O) groups excluding carboxylic acids is 2. The van der Waals surface area contributed by atoms with Gasteiger partial charge in [0.05, 0.1) is 41.3 Å². The van der Waals surface area contributed by atoms with Gasteiger partial charge in [-0.3, -0.25) is 9.59 Å². The third kappa shape index (κ3) is 4.99. The average molecular weight is 657 g/mol. The van der Waals surface area contributed by atoms with Crippen LogP contribution in [-0.2, 0) is 4.79 Å². The van der Waals surface area contributed by atoms with Gasteiger partial charge in [-0.15, -0.1) is 0 Å². The molecule has 0 radical (unpaired) electrons. The van der Waals surface area contributed by atoms with Crippen LogP contribution >= 0.6 is 0 Å². The Hall–Kier alpha value is -3.83. The molecule has 5 fully saturated rings. The number of fused-ring (bicyclic) bond motifs is 1. The third-order valence-electron chi connectivity index (χ3n) is 10.2. The summed E-state index contributed by atoms with van der Waals surface area (Å²) in [7, 11) is 0. The van der Waals surface area contributed by atoms with Crippen LogP contribution in [0.5, 0.6) is 0 Å². The summed E-state index contributed by atoms with van der Waals surface area (Å²) in [5.41, 5.74) is -5.24. The molecule has 2 N–H and O–H groups in total. The second-order valence-electron chi connectivity index (χ2n) is 13.4. The monoisotopic (exact) mass is 656 g/mol. The van der Waals surface area contributed by atoms with Crippen LogP contribution in [-0.4, -0.2) is 81.6 Å². The first kappa shape index (κ1) is 30.8. The van der Waals surface area contributed by atoms with Crippen molar-refractivity contribution in [3.8, 4) is 0 Å². The molecule has 2 bridgehead atoms. The van der Waals surface area contributed by atoms with Crippen LogP contribution in [0.3, 0.4) is 0 Å². The molecule has 18 heteroatoms. The molecular weight excluding hydrogens is 626 g/mol. The summed E-state index contributed by atoms with van der Waals surface area (Å²) in [6.45, 7) is 1.08. The van der Waals surface area contributed by atoms with Gasteiger partial charge in [0.25, 0.3) is 11.7 Å². The van der Waals surface area contributed by atoms with Crippen molar-refractivity contribution < 1.29 is 45.7 Å². The van der Waals surface area contributed by atoms with Crippen molar-refractivity contribution in [2.24, 2.45) is 11.3 Å². The molecule has 3 aromatic heterocycles. The van der Waals surface area contributed by atoms with E-state index in [1.165, 1.54) is 28.7 Å². The van der Waals surface area contributed by atoms with Gasteiger partial charge in [-0.1, -0.05) is 5.16 Å². The zero-order valence-electron chi connectivity index (χ0n) is 24.5. The Morgan fingerprint density at radius 3 is 2.39 bits per heavy atom. The molecule has 3 atom stereocenters. The molecule has 1 saturated heterocycles. The fourth-order valence-electron chi connectivity index (χ4n) is 7.55. The highest BCUT2D eigenvalue weighted by Gasteiger charge is 2.74. The maximum Gasteiger partial charge on any atom is 0.417 e. The Labute approximate surface area is 256 Å². The number of nitrogens with one attached hydrogen (secondary N) is 1. The molecule has 248 valence electrons. The maximum absolute atomic E-state index is 14.3. The zero-order chi connectivity index (χ0) is 32.9. The minimum Gasteiger partial charge on any atom is -0.380 e. The second kappa shape index (κ2) is 10.1. The predicted octanol–water partition coefficient (Wildman–Crippen LogP) is 3.96. The van der Waals surface area contributed by atoms with Crippen molar-refractivity contribution >= 4 is 17.6 Å². The van der Waals surface area contributed by atoms with E-state index in [4.69, 9.17) is 0 Å². The van der Waals surface area contributed by atoms with Crippen molar-refractivity contribution in [1.82, 2.24) is 40.1 Å². The number of carbonyl (C=O) groups is 2. The van der Waals surface area contributed by atoms with Gasteiger partial charge in [0.2, 0.25) is 11.8 Å². The van der Waals surface area contributed by atoms with Crippen molar-refractivity contribution in [2.45, 2.75) is 100 Å². The number of amides is 2. The number of aromatic nitrogens is 6. The van der Waals surface area contributed by atoms with Gasteiger partial charge >= 0.3 is 6.18 Å². The topological polar surface area (TPSA) is 152 Å². The van der Waals surface area contributed by atoms with E-state index < -0.39 is 90.8 Å². The van der Waals surface area contributed by atoms with Gasteiger partial charge in [-0.05, 0) is 50.1 Å². The van der Waals surface area contributed by atoms with Crippen LogP contribution in [0.25, 0.3) is 5.78 Å². The van der Waals surface area contributed by atoms with Crippen LogP contribution in [0, 0.1) is 18.3 Å². The van der Waals surface area contributed by atoms with E-state index >= 15 is 0 Å². The molecular formula is C28H30F6N8O4. The highest BCUT2D eigenvalue weighted by atomic mass is 19.4. The lowest BCUT2D eigenvalue weighted by atomic mass is 9.41. The Balaban J connectivity index is 1.21. The number of piperidine rings is 1. The molecule has 0 spiro atoms. The first-order valence-electron chi connectivity index (χ1n) is 15.0. The average Bonchev–Trinajstić information content (AvgIpc) is 3.58. The van der Waals surface area contributed by atoms with E-state index in [1.807, 2.05) is 0 Å². The Kier molecular flexibility index (Phi) is 6.75. The van der Waals surface area contributed by atoms with Crippen LogP contribution < -0.4 is 5.32 Å². The van der Waals surface area contributed by atoms with Gasteiger partial charge in [-0.2, -0.15) is 18.3 Å². The lowest BCUT2D eigenvalue weighted by Crippen LogP contribution is -2.71. The number of aliphatic hydroxyl groups is 1. The second-order valence-corrected chi connectivity index (χ2v) is 13.4. The fraction of sp³-hybridized carbons (Fsp3) is 0.679. The van der Waals surface area contributed by atoms with Gasteiger partial charge in [-0.25, -0.2) is 32.3 Å². The quantitative estimate of drug-likeness (QED) is 0.376. The lowest BCUT2D eigenvalue weighted by Gasteiger charge is -2.65. The van der Waals surface area contributed by atoms with Crippen molar-refractivity contribution in [2.75, 3.05) is 6.54 Å².